The molecule has 0 saturated heterocycles. The molecule has 3 heteroatoms. The molecule has 3 nitrogen and oxygen atoms in total. The van der Waals surface area contributed by atoms with Gasteiger partial charge in [-0.25, -0.2) is 0 Å². The van der Waals surface area contributed by atoms with Gasteiger partial charge in [-0.05, 0) is 23.2 Å². The summed E-state index contributed by atoms with van der Waals surface area (Å²) in [7, 11) is 0. The molecule has 1 rings (SSSR count). The third-order valence-corrected chi connectivity index (χ3v) is 4.95. The van der Waals surface area contributed by atoms with E-state index in [-0.39, 0.29) is 11.8 Å². The molecular weight excluding hydrogens is 200 g/mol. The summed E-state index contributed by atoms with van der Waals surface area (Å²) in [5.41, 5.74) is 6.23. The van der Waals surface area contributed by atoms with Crippen LogP contribution in [0, 0.1) is 22.7 Å². The maximum absolute atomic E-state index is 11.8. The van der Waals surface area contributed by atoms with Crippen molar-refractivity contribution in [3.63, 3.8) is 0 Å². The van der Waals surface area contributed by atoms with Crippen molar-refractivity contribution in [1.29, 1.82) is 0 Å². The molecule has 0 aromatic rings. The summed E-state index contributed by atoms with van der Waals surface area (Å²) in [6.45, 7) is 12.3. The lowest BCUT2D eigenvalue weighted by atomic mass is 10.0. The van der Waals surface area contributed by atoms with Gasteiger partial charge in [0.25, 0.3) is 0 Å². The minimum absolute atomic E-state index is 0.0232. The number of hydrogen-bond donors (Lipinski definition) is 2. The second-order valence-electron chi connectivity index (χ2n) is 6.08. The molecule has 3 N–H and O–H groups in total. The van der Waals surface area contributed by atoms with Crippen LogP contribution in [0.2, 0.25) is 0 Å². The highest BCUT2D eigenvalue weighted by atomic mass is 16.1. The Morgan fingerprint density at radius 3 is 2.12 bits per heavy atom. The Morgan fingerprint density at radius 2 is 1.81 bits per heavy atom. The van der Waals surface area contributed by atoms with Crippen LogP contribution in [0.1, 0.15) is 41.0 Å². The van der Waals surface area contributed by atoms with Crippen LogP contribution in [0.15, 0.2) is 0 Å². The maximum atomic E-state index is 11.8. The molecule has 0 aliphatic heterocycles. The molecule has 1 aliphatic carbocycles. The first-order valence-electron chi connectivity index (χ1n) is 6.26. The molecular formula is C13H26N2O. The molecule has 1 aliphatic rings. The van der Waals surface area contributed by atoms with Crippen LogP contribution in [0.4, 0.5) is 0 Å². The highest BCUT2D eigenvalue weighted by molar-refractivity contribution is 5.78. The van der Waals surface area contributed by atoms with Crippen LogP contribution < -0.4 is 11.1 Å². The van der Waals surface area contributed by atoms with Crippen molar-refractivity contribution in [1.82, 2.24) is 5.32 Å². The van der Waals surface area contributed by atoms with E-state index >= 15 is 0 Å². The van der Waals surface area contributed by atoms with E-state index in [2.05, 4.69) is 33.0 Å². The van der Waals surface area contributed by atoms with Gasteiger partial charge >= 0.3 is 0 Å². The van der Waals surface area contributed by atoms with Gasteiger partial charge in [0, 0.05) is 19.0 Å². The van der Waals surface area contributed by atoms with Gasteiger partial charge in [-0.15, -0.1) is 0 Å². The van der Waals surface area contributed by atoms with E-state index < -0.39 is 0 Å². The lowest BCUT2D eigenvalue weighted by molar-refractivity contribution is -0.124. The second kappa shape index (κ2) is 4.36. The van der Waals surface area contributed by atoms with Crippen molar-refractivity contribution < 1.29 is 4.79 Å². The van der Waals surface area contributed by atoms with Crippen molar-refractivity contribution in [2.75, 3.05) is 13.1 Å². The molecule has 0 aromatic carbocycles. The van der Waals surface area contributed by atoms with E-state index in [9.17, 15) is 4.79 Å². The fourth-order valence-electron chi connectivity index (χ4n) is 2.65. The Balaban J connectivity index is 2.40. The molecule has 1 atom stereocenters. The van der Waals surface area contributed by atoms with E-state index in [1.165, 1.54) is 0 Å². The lowest BCUT2D eigenvalue weighted by Gasteiger charge is -2.13. The molecule has 0 heterocycles. The summed E-state index contributed by atoms with van der Waals surface area (Å²) in [4.78, 5) is 11.8. The molecule has 0 aromatic heterocycles. The van der Waals surface area contributed by atoms with Crippen molar-refractivity contribution >= 4 is 5.91 Å². The molecule has 1 amide bonds. The minimum atomic E-state index is -0.0232. The molecule has 1 unspecified atom stereocenters. The van der Waals surface area contributed by atoms with E-state index in [0.717, 1.165) is 13.0 Å². The summed E-state index contributed by atoms with van der Waals surface area (Å²) < 4.78 is 0. The lowest BCUT2D eigenvalue weighted by Crippen LogP contribution is -2.36. The van der Waals surface area contributed by atoms with Crippen LogP contribution in [0.5, 0.6) is 0 Å². The summed E-state index contributed by atoms with van der Waals surface area (Å²) >= 11 is 0. The first-order valence-corrected chi connectivity index (χ1v) is 6.26. The van der Waals surface area contributed by atoms with E-state index in [4.69, 9.17) is 5.73 Å². The van der Waals surface area contributed by atoms with Gasteiger partial charge in [0.1, 0.15) is 0 Å². The maximum Gasteiger partial charge on any atom is 0.224 e. The van der Waals surface area contributed by atoms with E-state index in [1.54, 1.807) is 0 Å². The molecule has 94 valence electrons. The zero-order valence-corrected chi connectivity index (χ0v) is 11.3. The van der Waals surface area contributed by atoms with Crippen molar-refractivity contribution in [2.24, 2.45) is 28.4 Å². The van der Waals surface area contributed by atoms with Gasteiger partial charge in [-0.2, -0.15) is 0 Å². The van der Waals surface area contributed by atoms with Crippen molar-refractivity contribution in [2.45, 2.75) is 41.0 Å². The van der Waals surface area contributed by atoms with Gasteiger partial charge in [-0.1, -0.05) is 34.6 Å². The predicted molar refractivity (Wildman–Crippen MR) is 66.9 cm³/mol. The number of nitrogens with one attached hydrogen (secondary N) is 1. The Bertz CT molecular complexity index is 253. The number of carbonyl (C=O) groups is 1. The summed E-state index contributed by atoms with van der Waals surface area (Å²) in [6, 6.07) is 0. The second-order valence-corrected chi connectivity index (χ2v) is 6.08. The van der Waals surface area contributed by atoms with Crippen LogP contribution in [-0.2, 0) is 4.79 Å². The zero-order valence-electron chi connectivity index (χ0n) is 11.3. The van der Waals surface area contributed by atoms with E-state index in [1.807, 2.05) is 6.92 Å². The molecule has 0 bridgehead atoms. The highest BCUT2D eigenvalue weighted by Gasteiger charge is 2.64. The van der Waals surface area contributed by atoms with Crippen LogP contribution in [0.3, 0.4) is 0 Å². The van der Waals surface area contributed by atoms with Gasteiger partial charge in [0.15, 0.2) is 0 Å². The molecule has 16 heavy (non-hydrogen) atoms. The van der Waals surface area contributed by atoms with Gasteiger partial charge in [0.05, 0.1) is 0 Å². The first kappa shape index (κ1) is 13.5. The van der Waals surface area contributed by atoms with Crippen molar-refractivity contribution in [3.05, 3.63) is 0 Å². The fourth-order valence-corrected chi connectivity index (χ4v) is 2.65. The smallest absolute Gasteiger partial charge is 0.224 e. The highest BCUT2D eigenvalue weighted by Crippen LogP contribution is 2.67. The summed E-state index contributed by atoms with van der Waals surface area (Å²) in [5.74, 6) is 0.674. The van der Waals surface area contributed by atoms with Gasteiger partial charge in [0.2, 0.25) is 5.91 Å². The average Bonchev–Trinajstić information content (AvgIpc) is 2.57. The van der Waals surface area contributed by atoms with E-state index in [0.29, 0.717) is 23.3 Å². The normalized spacial score (nSPS) is 23.9. The Labute approximate surface area is 99.2 Å². The quantitative estimate of drug-likeness (QED) is 0.750. The standard InChI is InChI=1S/C13H26N2O/c1-6-9(7-14)11(16)15-8-10-12(2,3)13(10,4)5/h9-10H,6-8,14H2,1-5H3,(H,15,16). The Kier molecular flexibility index (Phi) is 3.68. The predicted octanol–water partition coefficient (Wildman–Crippen LogP) is 1.77. The molecule has 0 spiro atoms. The monoisotopic (exact) mass is 226 g/mol. The SMILES string of the molecule is CCC(CN)C(=O)NCC1C(C)(C)C1(C)C. The fraction of sp³-hybridized carbons (Fsp3) is 0.923. The number of carbonyl (C=O) groups excluding carboxylic acids is 1. The number of nitrogens with two attached hydrogens (primary N) is 1. The van der Waals surface area contributed by atoms with Crippen LogP contribution in [0.25, 0.3) is 0 Å². The van der Waals surface area contributed by atoms with Crippen molar-refractivity contribution in [3.8, 4) is 0 Å². The van der Waals surface area contributed by atoms with Crippen LogP contribution >= 0.6 is 0 Å². The van der Waals surface area contributed by atoms with Gasteiger partial charge < -0.3 is 11.1 Å². The third-order valence-electron chi connectivity index (χ3n) is 4.95. The first-order chi connectivity index (χ1) is 7.29. The topological polar surface area (TPSA) is 55.1 Å². The summed E-state index contributed by atoms with van der Waals surface area (Å²) in [5, 5.41) is 3.04. The Morgan fingerprint density at radius 1 is 1.31 bits per heavy atom. The zero-order chi connectivity index (χ0) is 12.6. The number of hydrogen-bond acceptors (Lipinski definition) is 2. The minimum Gasteiger partial charge on any atom is -0.356 e. The summed E-state index contributed by atoms with van der Waals surface area (Å²) in [6.07, 6.45) is 0.819. The van der Waals surface area contributed by atoms with Crippen LogP contribution in [-0.4, -0.2) is 19.0 Å². The third kappa shape index (κ3) is 2.10. The number of rotatable bonds is 5. The molecule has 1 fully saturated rings. The largest absolute Gasteiger partial charge is 0.356 e. The Hall–Kier alpha value is -0.570. The number of amides is 1. The molecule has 1 saturated carbocycles. The van der Waals surface area contributed by atoms with Gasteiger partial charge in [-0.3, -0.25) is 4.79 Å². The average molecular weight is 226 g/mol. The molecule has 0 radical (unpaired) electrons.